The molecule has 1 aromatic carbocycles. The van der Waals surface area contributed by atoms with Gasteiger partial charge in [-0.2, -0.15) is 0 Å². The molecule has 1 fully saturated rings. The van der Waals surface area contributed by atoms with Crippen LogP contribution in [0.15, 0.2) is 24.3 Å². The number of carboxylic acids is 1. The first-order valence-electron chi connectivity index (χ1n) is 4.78. The van der Waals surface area contributed by atoms with Crippen molar-refractivity contribution in [2.24, 2.45) is 0 Å². The highest BCUT2D eigenvalue weighted by atomic mass is 35.5. The number of carboxylic acid groups (broad SMARTS) is 1. The Balaban J connectivity index is 2.26. The van der Waals surface area contributed by atoms with Crippen LogP contribution in [0.4, 0.5) is 0 Å². The largest absolute Gasteiger partial charge is 0.480 e. The molecule has 1 aliphatic carbocycles. The molecule has 15 heavy (non-hydrogen) atoms. The van der Waals surface area contributed by atoms with Gasteiger partial charge in [0.25, 0.3) is 0 Å². The van der Waals surface area contributed by atoms with E-state index in [1.165, 1.54) is 0 Å². The summed E-state index contributed by atoms with van der Waals surface area (Å²) in [5.41, 5.74) is 0.198. The lowest BCUT2D eigenvalue weighted by atomic mass is 10.1. The van der Waals surface area contributed by atoms with Gasteiger partial charge in [0, 0.05) is 10.9 Å². The van der Waals surface area contributed by atoms with Crippen LogP contribution in [0.2, 0.25) is 5.02 Å². The van der Waals surface area contributed by atoms with Crippen LogP contribution in [-0.4, -0.2) is 23.7 Å². The Bertz CT molecular complexity index is 407. The van der Waals surface area contributed by atoms with E-state index in [0.29, 0.717) is 11.4 Å². The zero-order valence-corrected chi connectivity index (χ0v) is 9.08. The maximum Gasteiger partial charge on any atom is 0.324 e. The summed E-state index contributed by atoms with van der Waals surface area (Å²) in [5, 5.41) is 12.6. The van der Waals surface area contributed by atoms with Crippen molar-refractivity contribution in [1.29, 1.82) is 0 Å². The maximum atomic E-state index is 11.1. The van der Waals surface area contributed by atoms with E-state index in [9.17, 15) is 4.79 Å². The molecule has 2 N–H and O–H groups in total. The lowest BCUT2D eigenvalue weighted by Gasteiger charge is -2.10. The first-order chi connectivity index (χ1) is 7.10. The summed E-state index contributed by atoms with van der Waals surface area (Å²) in [4.78, 5) is 11.1. The van der Waals surface area contributed by atoms with Gasteiger partial charge >= 0.3 is 5.97 Å². The normalized spacial score (nSPS) is 28.8. The predicted molar refractivity (Wildman–Crippen MR) is 58.2 cm³/mol. The van der Waals surface area contributed by atoms with Crippen LogP contribution in [0.25, 0.3) is 0 Å². The molecule has 80 valence electrons. The fourth-order valence-electron chi connectivity index (χ4n) is 2.01. The van der Waals surface area contributed by atoms with E-state index in [1.807, 2.05) is 18.2 Å². The average Bonchev–Trinajstić information content (AvgIpc) is 2.93. The molecule has 0 amide bonds. The fraction of sp³-hybridized carbons (Fsp3) is 0.364. The predicted octanol–water partition coefficient (Wildman–Crippen LogP) is 1.87. The molecule has 0 radical (unpaired) electrons. The van der Waals surface area contributed by atoms with Crippen molar-refractivity contribution < 1.29 is 9.90 Å². The first-order valence-corrected chi connectivity index (χ1v) is 5.16. The summed E-state index contributed by atoms with van der Waals surface area (Å²) in [6.07, 6.45) is 0.624. The van der Waals surface area contributed by atoms with Crippen molar-refractivity contribution in [3.8, 4) is 0 Å². The van der Waals surface area contributed by atoms with Gasteiger partial charge in [0.1, 0.15) is 5.54 Å². The van der Waals surface area contributed by atoms with Crippen LogP contribution in [-0.2, 0) is 4.79 Å². The van der Waals surface area contributed by atoms with Crippen molar-refractivity contribution in [2.45, 2.75) is 17.9 Å². The molecule has 0 aromatic heterocycles. The maximum absolute atomic E-state index is 11.1. The molecule has 2 rings (SSSR count). The molecule has 1 aromatic rings. The number of likely N-dealkylation sites (N-methyl/N-ethyl adjacent to an activating group) is 1. The molecule has 0 bridgehead atoms. The Labute approximate surface area is 93.1 Å². The fourth-order valence-corrected chi connectivity index (χ4v) is 2.21. The number of hydrogen-bond donors (Lipinski definition) is 2. The minimum Gasteiger partial charge on any atom is -0.480 e. The molecular formula is C11H12ClNO2. The average molecular weight is 226 g/mol. The van der Waals surface area contributed by atoms with E-state index < -0.39 is 11.5 Å². The van der Waals surface area contributed by atoms with Gasteiger partial charge in [0.05, 0.1) is 0 Å². The van der Waals surface area contributed by atoms with Crippen molar-refractivity contribution in [1.82, 2.24) is 5.32 Å². The summed E-state index contributed by atoms with van der Waals surface area (Å²) < 4.78 is 0. The van der Waals surface area contributed by atoms with Crippen LogP contribution in [0.3, 0.4) is 0 Å². The van der Waals surface area contributed by atoms with E-state index >= 15 is 0 Å². The number of carbonyl (C=O) groups is 1. The lowest BCUT2D eigenvalue weighted by Crippen LogP contribution is -2.38. The molecule has 4 heteroatoms. The van der Waals surface area contributed by atoms with Gasteiger partial charge in [-0.05, 0) is 31.2 Å². The second-order valence-electron chi connectivity index (χ2n) is 3.84. The van der Waals surface area contributed by atoms with Gasteiger partial charge in [-0.3, -0.25) is 4.79 Å². The number of nitrogens with one attached hydrogen (secondary N) is 1. The highest BCUT2D eigenvalue weighted by Crippen LogP contribution is 2.51. The smallest absolute Gasteiger partial charge is 0.324 e. The summed E-state index contributed by atoms with van der Waals surface area (Å²) in [6, 6.07) is 7.38. The number of benzene rings is 1. The quantitative estimate of drug-likeness (QED) is 0.826. The molecule has 1 saturated carbocycles. The van der Waals surface area contributed by atoms with E-state index in [-0.39, 0.29) is 5.92 Å². The Morgan fingerprint density at radius 2 is 2.40 bits per heavy atom. The minimum atomic E-state index is -0.796. The molecule has 1 aliphatic rings. The molecule has 2 atom stereocenters. The minimum absolute atomic E-state index is 0.0266. The zero-order chi connectivity index (χ0) is 11.1. The van der Waals surface area contributed by atoms with Crippen LogP contribution in [0.5, 0.6) is 0 Å². The Hall–Kier alpha value is -1.06. The van der Waals surface area contributed by atoms with Gasteiger partial charge in [0.15, 0.2) is 0 Å². The van der Waals surface area contributed by atoms with E-state index in [0.717, 1.165) is 5.56 Å². The highest BCUT2D eigenvalue weighted by Gasteiger charge is 2.60. The summed E-state index contributed by atoms with van der Waals surface area (Å²) in [5.74, 6) is -0.770. The van der Waals surface area contributed by atoms with E-state index in [4.69, 9.17) is 16.7 Å². The third-order valence-corrected chi connectivity index (χ3v) is 3.27. The number of hydrogen-bond acceptors (Lipinski definition) is 2. The van der Waals surface area contributed by atoms with Crippen LogP contribution in [0, 0.1) is 0 Å². The van der Waals surface area contributed by atoms with Crippen LogP contribution < -0.4 is 5.32 Å². The SMILES string of the molecule is CNC1(C(=O)O)CC1c1cccc(Cl)c1. The zero-order valence-electron chi connectivity index (χ0n) is 8.33. The molecule has 0 spiro atoms. The third-order valence-electron chi connectivity index (χ3n) is 3.04. The van der Waals surface area contributed by atoms with Crippen LogP contribution >= 0.6 is 11.6 Å². The van der Waals surface area contributed by atoms with Crippen molar-refractivity contribution in [3.63, 3.8) is 0 Å². The lowest BCUT2D eigenvalue weighted by molar-refractivity contribution is -0.140. The van der Waals surface area contributed by atoms with Gasteiger partial charge in [-0.25, -0.2) is 0 Å². The van der Waals surface area contributed by atoms with Crippen LogP contribution in [0.1, 0.15) is 17.9 Å². The number of halogens is 1. The monoisotopic (exact) mass is 225 g/mol. The number of rotatable bonds is 3. The molecule has 0 heterocycles. The molecule has 2 unspecified atom stereocenters. The van der Waals surface area contributed by atoms with Gasteiger partial charge in [-0.1, -0.05) is 23.7 Å². The summed E-state index contributed by atoms with van der Waals surface area (Å²) >= 11 is 5.86. The summed E-state index contributed by atoms with van der Waals surface area (Å²) in [7, 11) is 1.68. The first kappa shape index (κ1) is 10.5. The Kier molecular flexibility index (Phi) is 2.44. The molecule has 3 nitrogen and oxygen atoms in total. The second-order valence-corrected chi connectivity index (χ2v) is 4.27. The Morgan fingerprint density at radius 3 is 2.87 bits per heavy atom. The van der Waals surface area contributed by atoms with Crippen molar-refractivity contribution in [2.75, 3.05) is 7.05 Å². The highest BCUT2D eigenvalue weighted by molar-refractivity contribution is 6.30. The third kappa shape index (κ3) is 1.62. The summed E-state index contributed by atoms with van der Waals surface area (Å²) in [6.45, 7) is 0. The molecular weight excluding hydrogens is 214 g/mol. The van der Waals surface area contributed by atoms with E-state index in [1.54, 1.807) is 13.1 Å². The Morgan fingerprint density at radius 1 is 1.67 bits per heavy atom. The second kappa shape index (κ2) is 3.51. The van der Waals surface area contributed by atoms with Gasteiger partial charge in [0.2, 0.25) is 0 Å². The van der Waals surface area contributed by atoms with Gasteiger partial charge in [-0.15, -0.1) is 0 Å². The molecule has 0 aliphatic heterocycles. The van der Waals surface area contributed by atoms with Gasteiger partial charge < -0.3 is 10.4 Å². The topological polar surface area (TPSA) is 49.3 Å². The molecule has 0 saturated heterocycles. The van der Waals surface area contributed by atoms with Crippen molar-refractivity contribution >= 4 is 17.6 Å². The van der Waals surface area contributed by atoms with Crippen molar-refractivity contribution in [3.05, 3.63) is 34.9 Å². The number of aliphatic carboxylic acids is 1. The van der Waals surface area contributed by atoms with E-state index in [2.05, 4.69) is 5.32 Å². The standard InChI is InChI=1S/C11H12ClNO2/c1-13-11(10(14)15)6-9(11)7-3-2-4-8(12)5-7/h2-5,9,13H,6H2,1H3,(H,14,15).